The lowest BCUT2D eigenvalue weighted by Crippen LogP contribution is -2.47. The zero-order valence-corrected chi connectivity index (χ0v) is 13.7. The van der Waals surface area contributed by atoms with Crippen LogP contribution in [0.1, 0.15) is 22.5 Å². The van der Waals surface area contributed by atoms with Crippen molar-refractivity contribution in [2.24, 2.45) is 0 Å². The Morgan fingerprint density at radius 1 is 1.21 bits per heavy atom. The van der Waals surface area contributed by atoms with E-state index in [-0.39, 0.29) is 18.1 Å². The van der Waals surface area contributed by atoms with Crippen molar-refractivity contribution in [1.29, 1.82) is 0 Å². The number of carbonyl (C=O) groups excluding carboxylic acids is 2. The average molecular weight is 345 g/mol. The summed E-state index contributed by atoms with van der Waals surface area (Å²) >= 11 is 5.81. The van der Waals surface area contributed by atoms with Crippen LogP contribution in [-0.4, -0.2) is 29.9 Å². The molecule has 0 aliphatic carbocycles. The van der Waals surface area contributed by atoms with Crippen molar-refractivity contribution in [3.8, 4) is 0 Å². The fourth-order valence-electron chi connectivity index (χ4n) is 2.71. The van der Waals surface area contributed by atoms with Crippen molar-refractivity contribution in [3.05, 3.63) is 58.9 Å². The van der Waals surface area contributed by atoms with Crippen LogP contribution in [0.4, 0.5) is 5.69 Å². The lowest BCUT2D eigenvalue weighted by Gasteiger charge is -2.30. The number of benzene rings is 1. The Morgan fingerprint density at radius 2 is 2.04 bits per heavy atom. The molecule has 2 amide bonds. The van der Waals surface area contributed by atoms with E-state index in [2.05, 4.69) is 21.9 Å². The number of nitrogens with zero attached hydrogens (tertiary/aromatic N) is 2. The van der Waals surface area contributed by atoms with Crippen molar-refractivity contribution in [2.75, 3.05) is 18.0 Å². The minimum Gasteiger partial charge on any atom is -0.362 e. The second-order valence-electron chi connectivity index (χ2n) is 5.52. The van der Waals surface area contributed by atoms with Gasteiger partial charge in [-0.15, -0.1) is 0 Å². The molecule has 2 aromatic rings. The lowest BCUT2D eigenvalue weighted by atomic mass is 10.0. The van der Waals surface area contributed by atoms with Crippen LogP contribution in [0.5, 0.6) is 0 Å². The Hall–Kier alpha value is -2.60. The van der Waals surface area contributed by atoms with Crippen LogP contribution in [-0.2, 0) is 11.2 Å². The van der Waals surface area contributed by atoms with Gasteiger partial charge in [-0.1, -0.05) is 29.8 Å². The summed E-state index contributed by atoms with van der Waals surface area (Å²) in [5.74, 6) is -0.799. The molecule has 1 aromatic heterocycles. The van der Waals surface area contributed by atoms with Gasteiger partial charge in [0.15, 0.2) is 0 Å². The molecule has 0 spiro atoms. The maximum absolute atomic E-state index is 12.1. The topological polar surface area (TPSA) is 74.3 Å². The van der Waals surface area contributed by atoms with E-state index in [1.807, 2.05) is 23.1 Å². The molecule has 1 aliphatic rings. The quantitative estimate of drug-likeness (QED) is 0.835. The van der Waals surface area contributed by atoms with Crippen molar-refractivity contribution < 1.29 is 9.59 Å². The predicted octanol–water partition coefficient (Wildman–Crippen LogP) is 1.95. The number of hydrogen-bond donors (Lipinski definition) is 2. The molecule has 124 valence electrons. The number of hydrogen-bond acceptors (Lipinski definition) is 4. The SMILES string of the molecule is O=C(CN1CCCc2ccccc21)NNC(=O)c1cc(Cl)ccn1. The van der Waals surface area contributed by atoms with Gasteiger partial charge in [-0.05, 0) is 36.6 Å². The van der Waals surface area contributed by atoms with Crippen LogP contribution in [0.15, 0.2) is 42.6 Å². The molecule has 3 rings (SSSR count). The number of aryl methyl sites for hydroxylation is 1. The highest BCUT2D eigenvalue weighted by molar-refractivity contribution is 6.30. The first kappa shape index (κ1) is 16.3. The molecule has 1 aromatic carbocycles. The standard InChI is InChI=1S/C17H17ClN4O2/c18-13-7-8-19-14(10-13)17(24)21-20-16(23)11-22-9-3-5-12-4-1-2-6-15(12)22/h1-2,4,6-8,10H,3,5,9,11H2,(H,20,23)(H,21,24). The molecule has 0 fully saturated rings. The predicted molar refractivity (Wildman–Crippen MR) is 91.8 cm³/mol. The Labute approximate surface area is 144 Å². The summed E-state index contributed by atoms with van der Waals surface area (Å²) in [5, 5.41) is 0.409. The second-order valence-corrected chi connectivity index (χ2v) is 5.95. The van der Waals surface area contributed by atoms with Crippen LogP contribution < -0.4 is 15.8 Å². The molecule has 1 aliphatic heterocycles. The maximum Gasteiger partial charge on any atom is 0.288 e. The van der Waals surface area contributed by atoms with E-state index in [0.717, 1.165) is 25.1 Å². The fourth-order valence-corrected chi connectivity index (χ4v) is 2.87. The molecule has 0 saturated carbocycles. The van der Waals surface area contributed by atoms with E-state index in [1.165, 1.54) is 17.8 Å². The number of hydrazine groups is 1. The molecule has 0 radical (unpaired) electrons. The minimum atomic E-state index is -0.509. The van der Waals surface area contributed by atoms with Crippen LogP contribution in [0, 0.1) is 0 Å². The summed E-state index contributed by atoms with van der Waals surface area (Å²) in [7, 11) is 0. The molecular weight excluding hydrogens is 328 g/mol. The van der Waals surface area contributed by atoms with Gasteiger partial charge in [-0.2, -0.15) is 0 Å². The van der Waals surface area contributed by atoms with Crippen LogP contribution >= 0.6 is 11.6 Å². The summed E-state index contributed by atoms with van der Waals surface area (Å²) in [5.41, 5.74) is 7.22. The first-order valence-corrected chi connectivity index (χ1v) is 8.05. The number of nitrogens with one attached hydrogen (secondary N) is 2. The number of rotatable bonds is 3. The monoisotopic (exact) mass is 344 g/mol. The van der Waals surface area contributed by atoms with E-state index in [9.17, 15) is 9.59 Å². The highest BCUT2D eigenvalue weighted by Crippen LogP contribution is 2.26. The van der Waals surface area contributed by atoms with Crippen molar-refractivity contribution in [1.82, 2.24) is 15.8 Å². The zero-order chi connectivity index (χ0) is 16.9. The van der Waals surface area contributed by atoms with Gasteiger partial charge in [-0.25, -0.2) is 0 Å². The molecule has 6 nitrogen and oxygen atoms in total. The van der Waals surface area contributed by atoms with Gasteiger partial charge < -0.3 is 4.90 Å². The van der Waals surface area contributed by atoms with Gasteiger partial charge in [-0.3, -0.25) is 25.4 Å². The van der Waals surface area contributed by atoms with Crippen LogP contribution in [0.2, 0.25) is 5.02 Å². The van der Waals surface area contributed by atoms with Crippen molar-refractivity contribution in [3.63, 3.8) is 0 Å². The molecule has 0 saturated heterocycles. The maximum atomic E-state index is 12.1. The Morgan fingerprint density at radius 3 is 2.88 bits per heavy atom. The lowest BCUT2D eigenvalue weighted by molar-refractivity contribution is -0.120. The third-order valence-corrected chi connectivity index (χ3v) is 4.05. The number of para-hydroxylation sites is 1. The first-order chi connectivity index (χ1) is 11.6. The van der Waals surface area contributed by atoms with Crippen LogP contribution in [0.25, 0.3) is 0 Å². The number of pyridine rings is 1. The number of anilines is 1. The summed E-state index contributed by atoms with van der Waals surface area (Å²) in [4.78, 5) is 30.0. The van der Waals surface area contributed by atoms with Gasteiger partial charge in [0.25, 0.3) is 11.8 Å². The minimum absolute atomic E-state index is 0.145. The molecule has 24 heavy (non-hydrogen) atoms. The fraction of sp³-hybridized carbons (Fsp3) is 0.235. The van der Waals surface area contributed by atoms with Gasteiger partial charge >= 0.3 is 0 Å². The van der Waals surface area contributed by atoms with E-state index in [0.29, 0.717) is 5.02 Å². The zero-order valence-electron chi connectivity index (χ0n) is 13.0. The number of amides is 2. The van der Waals surface area contributed by atoms with Gasteiger partial charge in [0.2, 0.25) is 0 Å². The average Bonchev–Trinajstić information content (AvgIpc) is 2.60. The van der Waals surface area contributed by atoms with Gasteiger partial charge in [0.1, 0.15) is 5.69 Å². The van der Waals surface area contributed by atoms with Crippen molar-refractivity contribution >= 4 is 29.1 Å². The van der Waals surface area contributed by atoms with E-state index >= 15 is 0 Å². The summed E-state index contributed by atoms with van der Waals surface area (Å²) in [6, 6.07) is 11.1. The Kier molecular flexibility index (Phi) is 4.96. The van der Waals surface area contributed by atoms with E-state index < -0.39 is 5.91 Å². The van der Waals surface area contributed by atoms with Crippen LogP contribution in [0.3, 0.4) is 0 Å². The molecule has 2 N–H and O–H groups in total. The van der Waals surface area contributed by atoms with Gasteiger partial charge in [0.05, 0.1) is 6.54 Å². The second kappa shape index (κ2) is 7.31. The summed E-state index contributed by atoms with van der Waals surface area (Å²) in [6.07, 6.45) is 3.46. The number of halogens is 1. The molecule has 7 heteroatoms. The van der Waals surface area contributed by atoms with E-state index in [1.54, 1.807) is 6.07 Å². The van der Waals surface area contributed by atoms with E-state index in [4.69, 9.17) is 11.6 Å². The highest BCUT2D eigenvalue weighted by Gasteiger charge is 2.19. The number of fused-ring (bicyclic) bond motifs is 1. The molecular formula is C17H17ClN4O2. The molecule has 0 atom stereocenters. The Bertz CT molecular complexity index is 766. The molecule has 2 heterocycles. The normalized spacial score (nSPS) is 13.1. The third kappa shape index (κ3) is 3.83. The third-order valence-electron chi connectivity index (χ3n) is 3.81. The summed E-state index contributed by atoms with van der Waals surface area (Å²) < 4.78 is 0. The highest BCUT2D eigenvalue weighted by atomic mass is 35.5. The van der Waals surface area contributed by atoms with Crippen molar-refractivity contribution in [2.45, 2.75) is 12.8 Å². The smallest absolute Gasteiger partial charge is 0.288 e. The summed E-state index contributed by atoms with van der Waals surface area (Å²) in [6.45, 7) is 0.995. The number of aromatic nitrogens is 1. The largest absolute Gasteiger partial charge is 0.362 e. The van der Waals surface area contributed by atoms with Gasteiger partial charge in [0, 0.05) is 23.5 Å². The first-order valence-electron chi connectivity index (χ1n) is 7.67. The molecule has 0 bridgehead atoms. The number of carbonyl (C=O) groups is 2. The molecule has 0 unspecified atom stereocenters. The Balaban J connectivity index is 1.56.